The molecular formula is C32H36F2N4O5S. The van der Waals surface area contributed by atoms with Crippen LogP contribution in [-0.2, 0) is 25.5 Å². The van der Waals surface area contributed by atoms with E-state index in [1.165, 1.54) is 19.4 Å². The van der Waals surface area contributed by atoms with E-state index in [0.29, 0.717) is 31.4 Å². The Balaban J connectivity index is 1.40. The number of pyridine rings is 1. The minimum absolute atomic E-state index is 0.0929. The molecule has 12 heteroatoms. The smallest absolute Gasteiger partial charge is 0.333 e. The zero-order valence-electron chi connectivity index (χ0n) is 25.2. The van der Waals surface area contributed by atoms with E-state index >= 15 is 4.39 Å². The monoisotopic (exact) mass is 626 g/mol. The van der Waals surface area contributed by atoms with Crippen molar-refractivity contribution in [2.75, 3.05) is 19.5 Å². The molecule has 0 aliphatic heterocycles. The minimum Gasteiger partial charge on any atom is -0.447 e. The van der Waals surface area contributed by atoms with Crippen LogP contribution in [0.2, 0.25) is 0 Å². The van der Waals surface area contributed by atoms with Gasteiger partial charge >= 0.3 is 5.97 Å². The topological polar surface area (TPSA) is 127 Å². The van der Waals surface area contributed by atoms with Crippen LogP contribution in [0.4, 0.5) is 8.78 Å². The van der Waals surface area contributed by atoms with Crippen LogP contribution in [0.3, 0.4) is 0 Å². The molecule has 6 rings (SSSR count). The molecule has 0 radical (unpaired) electrons. The molecular weight excluding hydrogens is 590 g/mol. The Labute approximate surface area is 259 Å². The predicted molar refractivity (Wildman–Crippen MR) is 157 cm³/mol. The molecule has 234 valence electrons. The van der Waals surface area contributed by atoms with Crippen molar-refractivity contribution in [1.82, 2.24) is 14.8 Å². The molecule has 2 aromatic heterocycles. The number of esters is 1. The number of carbonyl (C=O) groups is 2. The Morgan fingerprint density at radius 1 is 1.27 bits per heavy atom. The standard InChI is InChI=1S/C32H36F2N4O5S/c1-18-11-23-22-7-5-20-12-24-19(15-37-38(24)21-6-8-26(33)36-16-21)13-29(20,2)31(22,34)25(39)14-30(23,3)32(18,28(41)44-10-9-35)43-27(40)17-42-4/h6,8,12,15-16,18,22-23,25,39H,5,7,10-11,13-14,17H2,1-4H3/t18-,22+,23+,25+,29+,30+,31+,32+/m1/s1. The largest absolute Gasteiger partial charge is 0.447 e. The van der Waals surface area contributed by atoms with Crippen molar-refractivity contribution in [1.29, 1.82) is 5.26 Å². The van der Waals surface area contributed by atoms with Gasteiger partial charge < -0.3 is 14.6 Å². The fourth-order valence-electron chi connectivity index (χ4n) is 9.30. The molecule has 0 aromatic carbocycles. The van der Waals surface area contributed by atoms with Crippen molar-refractivity contribution >= 4 is 28.9 Å². The third-order valence-corrected chi connectivity index (χ3v) is 12.0. The third kappa shape index (κ3) is 4.08. The van der Waals surface area contributed by atoms with Gasteiger partial charge in [0.2, 0.25) is 11.1 Å². The summed E-state index contributed by atoms with van der Waals surface area (Å²) in [5.74, 6) is -2.90. The normalized spacial score (nSPS) is 37.1. The van der Waals surface area contributed by atoms with Crippen molar-refractivity contribution in [3.8, 4) is 11.8 Å². The summed E-state index contributed by atoms with van der Waals surface area (Å²) in [7, 11) is 1.36. The Hall–Kier alpha value is -3.14. The number of thioether (sulfide) groups is 1. The van der Waals surface area contributed by atoms with Gasteiger partial charge in [0.15, 0.2) is 5.60 Å². The molecule has 3 saturated carbocycles. The highest BCUT2D eigenvalue weighted by Crippen LogP contribution is 2.72. The number of aliphatic hydroxyl groups is 1. The maximum atomic E-state index is 18.1. The summed E-state index contributed by atoms with van der Waals surface area (Å²) in [6.07, 6.45) is 5.22. The van der Waals surface area contributed by atoms with E-state index in [1.807, 2.05) is 32.9 Å². The minimum atomic E-state index is -2.03. The molecule has 4 aliphatic carbocycles. The summed E-state index contributed by atoms with van der Waals surface area (Å²) in [6.45, 7) is 5.18. The molecule has 2 aromatic rings. The molecule has 2 heterocycles. The lowest BCUT2D eigenvalue weighted by Crippen LogP contribution is -2.70. The third-order valence-electron chi connectivity index (χ3n) is 11.2. The Kier molecular flexibility index (Phi) is 7.54. The maximum Gasteiger partial charge on any atom is 0.333 e. The second-order valence-corrected chi connectivity index (χ2v) is 14.1. The summed E-state index contributed by atoms with van der Waals surface area (Å²) in [4.78, 5) is 30.6. The van der Waals surface area contributed by atoms with Gasteiger partial charge in [-0.3, -0.25) is 4.79 Å². The molecule has 9 nitrogen and oxygen atoms in total. The van der Waals surface area contributed by atoms with Crippen molar-refractivity contribution in [2.24, 2.45) is 28.6 Å². The number of nitriles is 1. The van der Waals surface area contributed by atoms with Gasteiger partial charge in [-0.2, -0.15) is 14.8 Å². The number of alkyl halides is 1. The van der Waals surface area contributed by atoms with Crippen molar-refractivity contribution in [3.05, 3.63) is 47.3 Å². The number of nitrogens with zero attached hydrogens (tertiary/aromatic N) is 4. The van der Waals surface area contributed by atoms with Crippen LogP contribution in [0.5, 0.6) is 0 Å². The number of allylic oxidation sites excluding steroid dienone is 1. The number of aromatic nitrogens is 3. The van der Waals surface area contributed by atoms with Crippen LogP contribution in [0.1, 0.15) is 57.7 Å². The van der Waals surface area contributed by atoms with Crippen molar-refractivity contribution in [2.45, 2.75) is 70.2 Å². The molecule has 0 saturated heterocycles. The van der Waals surface area contributed by atoms with Crippen LogP contribution in [0.25, 0.3) is 11.8 Å². The Bertz CT molecular complexity index is 1570. The van der Waals surface area contributed by atoms with E-state index in [-0.39, 0.29) is 24.7 Å². The summed E-state index contributed by atoms with van der Waals surface area (Å²) >= 11 is 0.794. The van der Waals surface area contributed by atoms with Crippen LogP contribution < -0.4 is 0 Å². The summed E-state index contributed by atoms with van der Waals surface area (Å²) in [5.41, 5.74) is -2.78. The van der Waals surface area contributed by atoms with E-state index in [4.69, 9.17) is 9.47 Å². The molecule has 4 aliphatic rings. The zero-order valence-corrected chi connectivity index (χ0v) is 26.0. The van der Waals surface area contributed by atoms with Gasteiger partial charge in [-0.05, 0) is 61.8 Å². The van der Waals surface area contributed by atoms with Crippen LogP contribution in [-0.4, -0.2) is 67.8 Å². The van der Waals surface area contributed by atoms with Gasteiger partial charge in [0.05, 0.1) is 41.7 Å². The molecule has 0 unspecified atom stereocenters. The van der Waals surface area contributed by atoms with Gasteiger partial charge in [0.1, 0.15) is 12.3 Å². The van der Waals surface area contributed by atoms with Crippen LogP contribution in [0.15, 0.2) is 30.1 Å². The van der Waals surface area contributed by atoms with Crippen molar-refractivity contribution in [3.63, 3.8) is 0 Å². The highest BCUT2D eigenvalue weighted by atomic mass is 32.2. The highest BCUT2D eigenvalue weighted by Gasteiger charge is 2.77. The summed E-state index contributed by atoms with van der Waals surface area (Å²) in [6, 6.07) is 4.82. The predicted octanol–water partition coefficient (Wildman–Crippen LogP) is 4.61. The lowest BCUT2D eigenvalue weighted by atomic mass is 9.44. The van der Waals surface area contributed by atoms with E-state index in [1.54, 1.807) is 16.9 Å². The average molecular weight is 627 g/mol. The first-order valence-corrected chi connectivity index (χ1v) is 15.9. The lowest BCUT2D eigenvalue weighted by molar-refractivity contribution is -0.231. The summed E-state index contributed by atoms with van der Waals surface area (Å²) in [5, 5.41) is 25.2. The van der Waals surface area contributed by atoms with Crippen molar-refractivity contribution < 1.29 is 33.0 Å². The number of hydrogen-bond donors (Lipinski definition) is 1. The van der Waals surface area contributed by atoms with Gasteiger partial charge in [-0.25, -0.2) is 18.9 Å². The number of rotatable bonds is 6. The first-order chi connectivity index (χ1) is 20.9. The fourth-order valence-corrected chi connectivity index (χ4v) is 10.2. The lowest BCUT2D eigenvalue weighted by Gasteiger charge is -2.63. The second-order valence-electron chi connectivity index (χ2n) is 13.2. The SMILES string of the molecule is COCC(=O)O[C@]1(C(=O)SCC#N)[C@H](C)C[C@H]2[C@@H]3CCC4=Cc5c(cnn5-c5ccc(F)nc5)C[C@]4(C)[C@@]3(F)[C@@H](O)C[C@@]21C. The molecule has 0 spiro atoms. The zero-order chi connectivity index (χ0) is 31.7. The summed E-state index contributed by atoms with van der Waals surface area (Å²) < 4.78 is 44.3. The number of carbonyl (C=O) groups excluding carboxylic acids is 2. The number of fused-ring (bicyclic) bond motifs is 6. The van der Waals surface area contributed by atoms with E-state index in [2.05, 4.69) is 10.1 Å². The van der Waals surface area contributed by atoms with Gasteiger partial charge in [0, 0.05) is 29.8 Å². The first-order valence-electron chi connectivity index (χ1n) is 14.9. The number of hydrogen-bond acceptors (Lipinski definition) is 9. The number of halogens is 2. The molecule has 0 bridgehead atoms. The Morgan fingerprint density at radius 3 is 2.73 bits per heavy atom. The van der Waals surface area contributed by atoms with Crippen LogP contribution >= 0.6 is 11.8 Å². The highest BCUT2D eigenvalue weighted by molar-refractivity contribution is 8.14. The second kappa shape index (κ2) is 10.7. The van der Waals surface area contributed by atoms with E-state index in [0.717, 1.165) is 28.6 Å². The van der Waals surface area contributed by atoms with Gasteiger partial charge in [-0.1, -0.05) is 38.1 Å². The van der Waals surface area contributed by atoms with Gasteiger partial charge in [-0.15, -0.1) is 0 Å². The first kappa shape index (κ1) is 30.9. The molecule has 0 amide bonds. The number of methoxy groups -OCH3 is 1. The average Bonchev–Trinajstić information content (AvgIpc) is 3.47. The Morgan fingerprint density at radius 2 is 2.05 bits per heavy atom. The molecule has 8 atom stereocenters. The quantitative estimate of drug-likeness (QED) is 0.361. The molecule has 1 N–H and O–H groups in total. The molecule has 44 heavy (non-hydrogen) atoms. The van der Waals surface area contributed by atoms with E-state index in [9.17, 15) is 24.3 Å². The number of ether oxygens (including phenoxy) is 2. The van der Waals surface area contributed by atoms with Gasteiger partial charge in [0.25, 0.3) is 0 Å². The maximum absolute atomic E-state index is 18.1. The molecule has 3 fully saturated rings. The fraction of sp³-hybridized carbons (Fsp3) is 0.594. The number of aliphatic hydroxyl groups excluding tert-OH is 1. The van der Waals surface area contributed by atoms with Crippen LogP contribution in [0, 0.1) is 45.9 Å². The van der Waals surface area contributed by atoms with E-state index < -0.39 is 57.1 Å².